The predicted octanol–water partition coefficient (Wildman–Crippen LogP) is 6.65. The lowest BCUT2D eigenvalue weighted by Gasteiger charge is -2.25. The van der Waals surface area contributed by atoms with Crippen molar-refractivity contribution in [3.8, 4) is 0 Å². The Morgan fingerprint density at radius 1 is 0.762 bits per heavy atom. The molecule has 0 saturated carbocycles. The fraction of sp³-hybridized carbons (Fsp3) is 0.0741. The highest BCUT2D eigenvalue weighted by atomic mass is 35.5. The summed E-state index contributed by atoms with van der Waals surface area (Å²) in [5.41, 5.74) is -1.35. The zero-order valence-electron chi connectivity index (χ0n) is 21.1. The maximum Gasteiger partial charge on any atom is 0.417 e. The van der Waals surface area contributed by atoms with E-state index in [2.05, 4.69) is 10.0 Å². The van der Waals surface area contributed by atoms with Crippen molar-refractivity contribution in [1.29, 1.82) is 0 Å². The van der Waals surface area contributed by atoms with Crippen molar-refractivity contribution >= 4 is 66.2 Å². The molecule has 1 amide bonds. The minimum absolute atomic E-state index is 0.106. The Morgan fingerprint density at radius 3 is 1.95 bits per heavy atom. The Labute approximate surface area is 249 Å². The van der Waals surface area contributed by atoms with Crippen LogP contribution in [-0.2, 0) is 31.0 Å². The van der Waals surface area contributed by atoms with Crippen LogP contribution in [-0.4, -0.2) is 29.3 Å². The van der Waals surface area contributed by atoms with Crippen LogP contribution >= 0.6 is 23.2 Å². The highest BCUT2D eigenvalue weighted by Crippen LogP contribution is 2.38. The highest BCUT2D eigenvalue weighted by Gasteiger charge is 2.35. The lowest BCUT2D eigenvalue weighted by atomic mass is 10.2. The van der Waals surface area contributed by atoms with Crippen LogP contribution in [0.5, 0.6) is 0 Å². The van der Waals surface area contributed by atoms with Crippen LogP contribution in [0, 0.1) is 0 Å². The number of nitrogens with zero attached hydrogens (tertiary/aromatic N) is 1. The summed E-state index contributed by atoms with van der Waals surface area (Å²) in [6.07, 6.45) is -4.89. The number of carbonyl (C=O) groups is 1. The molecule has 42 heavy (non-hydrogen) atoms. The molecule has 0 heterocycles. The van der Waals surface area contributed by atoms with Gasteiger partial charge in [-0.25, -0.2) is 16.8 Å². The summed E-state index contributed by atoms with van der Waals surface area (Å²) in [6.45, 7) is -0.908. The van der Waals surface area contributed by atoms with E-state index >= 15 is 0 Å². The van der Waals surface area contributed by atoms with Crippen molar-refractivity contribution in [2.24, 2.45) is 0 Å². The number of nitrogens with one attached hydrogen (secondary N) is 2. The summed E-state index contributed by atoms with van der Waals surface area (Å²) in [7, 11) is -8.50. The lowest BCUT2D eigenvalue weighted by Crippen LogP contribution is -2.38. The number of carbonyl (C=O) groups excluding carboxylic acids is 1. The summed E-state index contributed by atoms with van der Waals surface area (Å²) in [5, 5.41) is 2.21. The van der Waals surface area contributed by atoms with E-state index in [4.69, 9.17) is 23.2 Å². The molecule has 0 saturated heterocycles. The van der Waals surface area contributed by atoms with Crippen LogP contribution in [0.3, 0.4) is 0 Å². The van der Waals surface area contributed by atoms with Crippen LogP contribution < -0.4 is 14.3 Å². The second-order valence-corrected chi connectivity index (χ2v) is 13.1. The van der Waals surface area contributed by atoms with Crippen molar-refractivity contribution < 1.29 is 34.8 Å². The molecule has 0 bridgehead atoms. The maximum atomic E-state index is 13.5. The number of benzene rings is 4. The molecule has 0 aliphatic carbocycles. The molecular formula is C27H20Cl2F3N3O5S2. The molecule has 0 radical (unpaired) electrons. The van der Waals surface area contributed by atoms with Crippen molar-refractivity contribution in [1.82, 2.24) is 0 Å². The van der Waals surface area contributed by atoms with Crippen LogP contribution in [0.4, 0.5) is 30.2 Å². The van der Waals surface area contributed by atoms with E-state index in [9.17, 15) is 34.8 Å². The molecule has 0 aliphatic rings. The van der Waals surface area contributed by atoms with Gasteiger partial charge < -0.3 is 5.32 Å². The van der Waals surface area contributed by atoms with Crippen LogP contribution in [0.15, 0.2) is 107 Å². The normalized spacial score (nSPS) is 12.0. The quantitative estimate of drug-likeness (QED) is 0.209. The van der Waals surface area contributed by atoms with E-state index in [1.165, 1.54) is 72.8 Å². The zero-order chi connectivity index (χ0) is 30.7. The molecule has 0 fully saturated rings. The van der Waals surface area contributed by atoms with Gasteiger partial charge >= 0.3 is 6.18 Å². The molecule has 2 N–H and O–H groups in total. The van der Waals surface area contributed by atoms with Gasteiger partial charge in [0.25, 0.3) is 20.0 Å². The third kappa shape index (κ3) is 7.34. The van der Waals surface area contributed by atoms with Crippen molar-refractivity contribution in [2.45, 2.75) is 16.0 Å². The first-order valence-electron chi connectivity index (χ1n) is 11.8. The molecule has 4 aromatic carbocycles. The van der Waals surface area contributed by atoms with Gasteiger partial charge in [0.2, 0.25) is 5.91 Å². The van der Waals surface area contributed by atoms with E-state index in [0.717, 1.165) is 12.1 Å². The zero-order valence-corrected chi connectivity index (χ0v) is 24.3. The smallest absolute Gasteiger partial charge is 0.325 e. The molecule has 0 unspecified atom stereocenters. The minimum Gasteiger partial charge on any atom is -0.325 e. The molecule has 4 aromatic rings. The molecule has 0 spiro atoms. The SMILES string of the molecule is O=C(CN(c1ccc(Cl)c(C(F)(F)F)c1)S(=O)(=O)c1ccccc1)Nc1ccc(S(=O)(=O)Nc2ccc(Cl)cc2)cc1. The van der Waals surface area contributed by atoms with Gasteiger partial charge in [-0.15, -0.1) is 0 Å². The highest BCUT2D eigenvalue weighted by molar-refractivity contribution is 7.93. The van der Waals surface area contributed by atoms with E-state index in [-0.39, 0.29) is 21.2 Å². The van der Waals surface area contributed by atoms with Crippen LogP contribution in [0.1, 0.15) is 5.56 Å². The van der Waals surface area contributed by atoms with Gasteiger partial charge in [0.1, 0.15) is 6.54 Å². The fourth-order valence-electron chi connectivity index (χ4n) is 3.70. The molecule has 0 atom stereocenters. The summed E-state index contributed by atoms with van der Waals surface area (Å²) in [4.78, 5) is 12.6. The summed E-state index contributed by atoms with van der Waals surface area (Å²) < 4.78 is 95.8. The molecule has 8 nitrogen and oxygen atoms in total. The molecular weight excluding hydrogens is 638 g/mol. The standard InChI is InChI=1S/C27H20Cl2F3N3O5S2/c28-18-6-8-20(9-7-18)34-41(37,38)22-13-10-19(11-14-22)33-26(36)17-35(42(39,40)23-4-2-1-3-5-23)21-12-15-25(29)24(16-21)27(30,31)32/h1-16,34H,17H2,(H,33,36). The van der Waals surface area contributed by atoms with Gasteiger partial charge in [0.05, 0.1) is 26.1 Å². The molecule has 0 aromatic heterocycles. The van der Waals surface area contributed by atoms with Crippen LogP contribution in [0.2, 0.25) is 10.0 Å². The second-order valence-electron chi connectivity index (χ2n) is 8.67. The van der Waals surface area contributed by atoms with Gasteiger partial charge in [0.15, 0.2) is 0 Å². The van der Waals surface area contributed by atoms with E-state index in [0.29, 0.717) is 15.4 Å². The summed E-state index contributed by atoms with van der Waals surface area (Å²) >= 11 is 11.5. The van der Waals surface area contributed by atoms with E-state index < -0.39 is 54.9 Å². The van der Waals surface area contributed by atoms with Gasteiger partial charge in [0, 0.05) is 16.4 Å². The number of rotatable bonds is 9. The number of hydrogen-bond donors (Lipinski definition) is 2. The molecule has 220 valence electrons. The van der Waals surface area contributed by atoms with Gasteiger partial charge in [-0.3, -0.25) is 13.8 Å². The first-order valence-corrected chi connectivity index (χ1v) is 15.5. The average Bonchev–Trinajstić information content (AvgIpc) is 2.93. The number of alkyl halides is 3. The average molecular weight is 659 g/mol. The topological polar surface area (TPSA) is 113 Å². The number of sulfonamides is 2. The van der Waals surface area contributed by atoms with E-state index in [1.807, 2.05) is 0 Å². The summed E-state index contributed by atoms with van der Waals surface area (Å²) in [5.74, 6) is -0.909. The Morgan fingerprint density at radius 2 is 1.36 bits per heavy atom. The van der Waals surface area contributed by atoms with Gasteiger partial charge in [-0.05, 0) is 78.9 Å². The Hall–Kier alpha value is -3.78. The third-order valence-corrected chi connectivity index (χ3v) is 9.47. The number of anilines is 3. The summed E-state index contributed by atoms with van der Waals surface area (Å²) in [6, 6.07) is 20.3. The molecule has 15 heteroatoms. The molecule has 0 aliphatic heterocycles. The Bertz CT molecular complexity index is 1800. The predicted molar refractivity (Wildman–Crippen MR) is 155 cm³/mol. The fourth-order valence-corrected chi connectivity index (χ4v) is 6.54. The monoisotopic (exact) mass is 657 g/mol. The van der Waals surface area contributed by atoms with Gasteiger partial charge in [-0.1, -0.05) is 41.4 Å². The first-order chi connectivity index (χ1) is 19.7. The van der Waals surface area contributed by atoms with Crippen molar-refractivity contribution in [2.75, 3.05) is 20.9 Å². The molecule has 4 rings (SSSR count). The van der Waals surface area contributed by atoms with Crippen molar-refractivity contribution in [3.63, 3.8) is 0 Å². The largest absolute Gasteiger partial charge is 0.417 e. The Balaban J connectivity index is 1.58. The maximum absolute atomic E-state index is 13.5. The minimum atomic E-state index is -4.89. The van der Waals surface area contributed by atoms with E-state index in [1.54, 1.807) is 6.07 Å². The number of halogens is 5. The Kier molecular flexibility index (Phi) is 9.06. The third-order valence-electron chi connectivity index (χ3n) is 5.71. The first kappa shape index (κ1) is 31.2. The number of amides is 1. The van der Waals surface area contributed by atoms with Gasteiger partial charge in [-0.2, -0.15) is 13.2 Å². The van der Waals surface area contributed by atoms with Crippen molar-refractivity contribution in [3.05, 3.63) is 113 Å². The second kappa shape index (κ2) is 12.2. The number of hydrogen-bond acceptors (Lipinski definition) is 5. The lowest BCUT2D eigenvalue weighted by molar-refractivity contribution is -0.137. The van der Waals surface area contributed by atoms with Crippen LogP contribution in [0.25, 0.3) is 0 Å².